The molecule has 0 aliphatic rings. The molecule has 7 rings (SSSR count). The van der Waals surface area contributed by atoms with E-state index in [2.05, 4.69) is 132 Å². The third-order valence-electron chi connectivity index (χ3n) is 7.09. The minimum atomic E-state index is 0.891. The minimum Gasteiger partial charge on any atom is -0.356 e. The Kier molecular flexibility index (Phi) is 5.80. The van der Waals surface area contributed by atoms with Gasteiger partial charge in [0.15, 0.2) is 0 Å². The lowest BCUT2D eigenvalue weighted by Crippen LogP contribution is -1.93. The highest BCUT2D eigenvalue weighted by molar-refractivity contribution is 5.94. The van der Waals surface area contributed by atoms with Crippen LogP contribution in [0.4, 0.5) is 11.4 Å². The molecule has 184 valence electrons. The molecule has 5 aromatic carbocycles. The highest BCUT2D eigenvalue weighted by Gasteiger charge is 2.10. The van der Waals surface area contributed by atoms with Gasteiger partial charge in [-0.3, -0.25) is 4.98 Å². The SMILES string of the molecule is c1ccc(-c2cc(-c3ccc(Nc4ccc(-c5ccc6ccccc6c5)cc4)cc3)nc3cccnc23)cc1. The second kappa shape index (κ2) is 9.88. The zero-order chi connectivity index (χ0) is 26.0. The molecule has 3 heteroatoms. The van der Waals surface area contributed by atoms with Gasteiger partial charge in [0, 0.05) is 28.7 Å². The van der Waals surface area contributed by atoms with Gasteiger partial charge in [-0.05, 0) is 76.0 Å². The first-order valence-corrected chi connectivity index (χ1v) is 13.1. The summed E-state index contributed by atoms with van der Waals surface area (Å²) >= 11 is 0. The van der Waals surface area contributed by atoms with Crippen LogP contribution in [0, 0.1) is 0 Å². The molecule has 0 radical (unpaired) electrons. The lowest BCUT2D eigenvalue weighted by atomic mass is 10.0. The number of aromatic nitrogens is 2. The Balaban J connectivity index is 1.14. The van der Waals surface area contributed by atoms with Gasteiger partial charge in [-0.2, -0.15) is 0 Å². The topological polar surface area (TPSA) is 37.8 Å². The average Bonchev–Trinajstić information content (AvgIpc) is 3.01. The third-order valence-corrected chi connectivity index (χ3v) is 7.09. The van der Waals surface area contributed by atoms with Crippen LogP contribution in [0.15, 0.2) is 146 Å². The summed E-state index contributed by atoms with van der Waals surface area (Å²) in [5.41, 5.74) is 10.5. The number of nitrogens with zero attached hydrogens (tertiary/aromatic N) is 2. The van der Waals surface area contributed by atoms with Gasteiger partial charge < -0.3 is 5.32 Å². The maximum atomic E-state index is 4.92. The van der Waals surface area contributed by atoms with E-state index < -0.39 is 0 Å². The van der Waals surface area contributed by atoms with Crippen molar-refractivity contribution in [2.75, 3.05) is 5.32 Å². The fourth-order valence-corrected chi connectivity index (χ4v) is 5.05. The number of hydrogen-bond donors (Lipinski definition) is 1. The van der Waals surface area contributed by atoms with Gasteiger partial charge in [-0.1, -0.05) is 91.0 Å². The summed E-state index contributed by atoms with van der Waals surface area (Å²) in [6.07, 6.45) is 1.82. The predicted molar refractivity (Wildman–Crippen MR) is 163 cm³/mol. The molecule has 2 aromatic heterocycles. The molecule has 0 aliphatic carbocycles. The van der Waals surface area contributed by atoms with Crippen LogP contribution in [0.2, 0.25) is 0 Å². The fraction of sp³-hybridized carbons (Fsp3) is 0. The average molecular weight is 500 g/mol. The minimum absolute atomic E-state index is 0.891. The number of pyridine rings is 2. The standard InChI is InChI=1S/C36H25N3/c1-2-8-27(9-3-1)33-24-35(39-34-11-6-22-37-36(33)34)28-16-20-32(21-17-28)38-31-18-14-26(15-19-31)30-13-12-25-7-4-5-10-29(25)23-30/h1-24,38H. The molecule has 0 fully saturated rings. The van der Waals surface area contributed by atoms with E-state index in [1.165, 1.54) is 21.9 Å². The fourth-order valence-electron chi connectivity index (χ4n) is 5.05. The maximum Gasteiger partial charge on any atom is 0.0965 e. The summed E-state index contributed by atoms with van der Waals surface area (Å²) in [6, 6.07) is 48.6. The van der Waals surface area contributed by atoms with Crippen molar-refractivity contribution in [3.05, 3.63) is 146 Å². The Morgan fingerprint density at radius 2 is 1.13 bits per heavy atom. The Morgan fingerprint density at radius 1 is 0.462 bits per heavy atom. The van der Waals surface area contributed by atoms with Crippen molar-refractivity contribution in [3.8, 4) is 33.5 Å². The van der Waals surface area contributed by atoms with Crippen molar-refractivity contribution in [1.29, 1.82) is 0 Å². The van der Waals surface area contributed by atoms with E-state index in [0.717, 1.165) is 44.8 Å². The lowest BCUT2D eigenvalue weighted by Gasteiger charge is -2.11. The molecule has 0 saturated heterocycles. The molecule has 7 aromatic rings. The highest BCUT2D eigenvalue weighted by atomic mass is 14.9. The van der Waals surface area contributed by atoms with Crippen LogP contribution in [0.5, 0.6) is 0 Å². The number of fused-ring (bicyclic) bond motifs is 2. The molecule has 0 amide bonds. The smallest absolute Gasteiger partial charge is 0.0965 e. The van der Waals surface area contributed by atoms with Crippen LogP contribution < -0.4 is 5.32 Å². The maximum absolute atomic E-state index is 4.92. The normalized spacial score (nSPS) is 11.1. The number of rotatable bonds is 5. The summed E-state index contributed by atoms with van der Waals surface area (Å²) in [6.45, 7) is 0. The molecule has 1 N–H and O–H groups in total. The van der Waals surface area contributed by atoms with E-state index >= 15 is 0 Å². The van der Waals surface area contributed by atoms with E-state index in [9.17, 15) is 0 Å². The number of benzene rings is 5. The van der Waals surface area contributed by atoms with Gasteiger partial charge in [0.05, 0.1) is 16.7 Å². The summed E-state index contributed by atoms with van der Waals surface area (Å²) in [5, 5.41) is 6.04. The molecule has 39 heavy (non-hydrogen) atoms. The van der Waals surface area contributed by atoms with E-state index in [1.54, 1.807) is 0 Å². The highest BCUT2D eigenvalue weighted by Crippen LogP contribution is 2.32. The number of nitrogens with one attached hydrogen (secondary N) is 1. The van der Waals surface area contributed by atoms with Crippen molar-refractivity contribution in [3.63, 3.8) is 0 Å². The summed E-state index contributed by atoms with van der Waals surface area (Å²) < 4.78 is 0. The summed E-state index contributed by atoms with van der Waals surface area (Å²) in [7, 11) is 0. The molecule has 0 bridgehead atoms. The van der Waals surface area contributed by atoms with Gasteiger partial charge in [-0.15, -0.1) is 0 Å². The van der Waals surface area contributed by atoms with Crippen LogP contribution >= 0.6 is 0 Å². The van der Waals surface area contributed by atoms with Crippen molar-refractivity contribution in [2.45, 2.75) is 0 Å². The van der Waals surface area contributed by atoms with Crippen LogP contribution in [-0.2, 0) is 0 Å². The molecule has 3 nitrogen and oxygen atoms in total. The summed E-state index contributed by atoms with van der Waals surface area (Å²) in [5.74, 6) is 0. The Labute approximate surface area is 227 Å². The van der Waals surface area contributed by atoms with Crippen molar-refractivity contribution >= 4 is 33.2 Å². The third kappa shape index (κ3) is 4.62. The van der Waals surface area contributed by atoms with Gasteiger partial charge in [0.25, 0.3) is 0 Å². The molecule has 0 aliphatic heterocycles. The zero-order valence-electron chi connectivity index (χ0n) is 21.3. The molecule has 0 saturated carbocycles. The Bertz CT molecular complexity index is 1910. The molecular weight excluding hydrogens is 474 g/mol. The monoisotopic (exact) mass is 499 g/mol. The van der Waals surface area contributed by atoms with Crippen molar-refractivity contribution < 1.29 is 0 Å². The van der Waals surface area contributed by atoms with Crippen LogP contribution in [-0.4, -0.2) is 9.97 Å². The van der Waals surface area contributed by atoms with E-state index in [1.807, 2.05) is 24.4 Å². The zero-order valence-corrected chi connectivity index (χ0v) is 21.3. The largest absolute Gasteiger partial charge is 0.356 e. The summed E-state index contributed by atoms with van der Waals surface area (Å²) in [4.78, 5) is 9.54. The first-order chi connectivity index (χ1) is 19.3. The van der Waals surface area contributed by atoms with E-state index in [4.69, 9.17) is 4.98 Å². The number of hydrogen-bond acceptors (Lipinski definition) is 3. The van der Waals surface area contributed by atoms with Gasteiger partial charge in [-0.25, -0.2) is 4.98 Å². The molecule has 0 unspecified atom stereocenters. The van der Waals surface area contributed by atoms with Crippen molar-refractivity contribution in [2.24, 2.45) is 0 Å². The first-order valence-electron chi connectivity index (χ1n) is 13.1. The molecule has 0 atom stereocenters. The van der Waals surface area contributed by atoms with Crippen molar-refractivity contribution in [1.82, 2.24) is 9.97 Å². The predicted octanol–water partition coefficient (Wildman–Crippen LogP) is 9.53. The Morgan fingerprint density at radius 3 is 1.90 bits per heavy atom. The van der Waals surface area contributed by atoms with E-state index in [-0.39, 0.29) is 0 Å². The second-order valence-electron chi connectivity index (χ2n) is 9.63. The first kappa shape index (κ1) is 22.9. The quantitative estimate of drug-likeness (QED) is 0.256. The lowest BCUT2D eigenvalue weighted by molar-refractivity contribution is 1.33. The molecular formula is C36H25N3. The van der Waals surface area contributed by atoms with Gasteiger partial charge in [0.1, 0.15) is 0 Å². The van der Waals surface area contributed by atoms with Gasteiger partial charge >= 0.3 is 0 Å². The molecule has 0 spiro atoms. The van der Waals surface area contributed by atoms with Crippen LogP contribution in [0.25, 0.3) is 55.3 Å². The second-order valence-corrected chi connectivity index (χ2v) is 9.63. The van der Waals surface area contributed by atoms with E-state index in [0.29, 0.717) is 0 Å². The van der Waals surface area contributed by atoms with Gasteiger partial charge in [0.2, 0.25) is 0 Å². The Hall–Kier alpha value is -5.28. The number of anilines is 2. The van der Waals surface area contributed by atoms with Crippen LogP contribution in [0.1, 0.15) is 0 Å². The van der Waals surface area contributed by atoms with Crippen LogP contribution in [0.3, 0.4) is 0 Å². The molecule has 2 heterocycles.